The van der Waals surface area contributed by atoms with Crippen LogP contribution in [0.15, 0.2) is 66.9 Å². The van der Waals surface area contributed by atoms with Crippen LogP contribution in [0.4, 0.5) is 4.79 Å². The van der Waals surface area contributed by atoms with Crippen molar-refractivity contribution in [2.75, 3.05) is 6.61 Å². The van der Waals surface area contributed by atoms with Gasteiger partial charge in [-0.2, -0.15) is 0 Å². The Balaban J connectivity index is 1.36. The average molecular weight is 469 g/mol. The number of fused-ring (bicyclic) bond motifs is 3. The van der Waals surface area contributed by atoms with Gasteiger partial charge in [0.25, 0.3) is 0 Å². The van der Waals surface area contributed by atoms with Crippen molar-refractivity contribution in [1.82, 2.24) is 15.6 Å². The molecule has 8 heteroatoms. The van der Waals surface area contributed by atoms with E-state index in [2.05, 4.69) is 21.5 Å². The Labute approximate surface area is 202 Å². The number of carbonyl (C=O) groups is 3. The number of pyridine rings is 1. The highest BCUT2D eigenvalue weighted by molar-refractivity contribution is 5.88. The molecule has 1 unspecified atom stereocenters. The lowest BCUT2D eigenvalue weighted by atomic mass is 9.98. The predicted octanol–water partition coefficient (Wildman–Crippen LogP) is 3.33. The smallest absolute Gasteiger partial charge is 0.407 e. The van der Waals surface area contributed by atoms with Crippen molar-refractivity contribution >= 4 is 18.0 Å². The van der Waals surface area contributed by atoms with E-state index in [1.165, 1.54) is 18.3 Å². The normalized spacial score (nSPS) is 12.5. The van der Waals surface area contributed by atoms with Gasteiger partial charge < -0.3 is 20.5 Å². The Kier molecular flexibility index (Phi) is 7.07. The number of carbonyl (C=O) groups excluding carboxylic acids is 2. The first-order valence-electron chi connectivity index (χ1n) is 11.0. The number of carboxylic acid groups (broad SMARTS) is 1. The fraction of sp³-hybridized carbons (Fsp3) is 0.185. The van der Waals surface area contributed by atoms with Gasteiger partial charge in [0.05, 0.1) is 17.8 Å². The minimum absolute atomic E-state index is 0.0204. The molecule has 0 aliphatic heterocycles. The topological polar surface area (TPSA) is 118 Å². The minimum atomic E-state index is -1.10. The van der Waals surface area contributed by atoms with E-state index >= 15 is 0 Å². The van der Waals surface area contributed by atoms with E-state index in [4.69, 9.17) is 16.3 Å². The molecule has 176 valence electrons. The van der Waals surface area contributed by atoms with E-state index in [1.54, 1.807) is 0 Å². The number of hydrogen-bond acceptors (Lipinski definition) is 5. The summed E-state index contributed by atoms with van der Waals surface area (Å²) in [7, 11) is 0. The van der Waals surface area contributed by atoms with Crippen LogP contribution < -0.4 is 10.6 Å². The predicted molar refractivity (Wildman–Crippen MR) is 128 cm³/mol. The molecule has 0 spiro atoms. The molecule has 1 atom stereocenters. The first-order chi connectivity index (χ1) is 17.0. The average Bonchev–Trinajstić information content (AvgIpc) is 3.19. The van der Waals surface area contributed by atoms with Gasteiger partial charge >= 0.3 is 12.1 Å². The van der Waals surface area contributed by atoms with Crippen molar-refractivity contribution in [3.63, 3.8) is 0 Å². The molecule has 8 nitrogen and oxygen atoms in total. The third-order valence-corrected chi connectivity index (χ3v) is 5.78. The SMILES string of the molecule is C#CCC(NC(=O)OCC1c2ccccc2-c2ccccc21)C(=O)NCc1cc(C(=O)O)ccn1. The zero-order valence-electron chi connectivity index (χ0n) is 18.7. The second kappa shape index (κ2) is 10.5. The number of hydrogen-bond donors (Lipinski definition) is 3. The van der Waals surface area contributed by atoms with Gasteiger partial charge in [-0.05, 0) is 34.4 Å². The number of rotatable bonds is 8. The van der Waals surface area contributed by atoms with Gasteiger partial charge in [-0.15, -0.1) is 12.3 Å². The molecule has 35 heavy (non-hydrogen) atoms. The number of alkyl carbamates (subject to hydrolysis) is 1. The standard InChI is InChI=1S/C27H23N3O5/c1-2-7-24(25(31)29-15-18-14-17(26(32)33)12-13-28-18)30-27(34)35-16-23-21-10-5-3-8-19(21)20-9-4-6-11-22(20)23/h1,3-6,8-14,23-24H,7,15-16H2,(H,29,31)(H,30,34)(H,32,33). The lowest BCUT2D eigenvalue weighted by Gasteiger charge is -2.18. The molecule has 0 radical (unpaired) electrons. The molecule has 2 amide bonds. The third kappa shape index (κ3) is 5.31. The third-order valence-electron chi connectivity index (χ3n) is 5.78. The molecule has 3 N–H and O–H groups in total. The highest BCUT2D eigenvalue weighted by Crippen LogP contribution is 2.44. The first-order valence-corrected chi connectivity index (χ1v) is 11.0. The maximum atomic E-state index is 12.6. The molecule has 1 aromatic heterocycles. The molecular formula is C27H23N3O5. The summed E-state index contributed by atoms with van der Waals surface area (Å²) in [6, 6.07) is 17.7. The molecule has 1 aliphatic carbocycles. The molecule has 1 heterocycles. The van der Waals surface area contributed by atoms with Gasteiger partial charge in [-0.1, -0.05) is 48.5 Å². The van der Waals surface area contributed by atoms with Crippen LogP contribution in [0.3, 0.4) is 0 Å². The van der Waals surface area contributed by atoms with E-state index in [1.807, 2.05) is 48.5 Å². The van der Waals surface area contributed by atoms with Crippen LogP contribution in [-0.2, 0) is 16.1 Å². The van der Waals surface area contributed by atoms with Gasteiger partial charge in [0, 0.05) is 18.5 Å². The van der Waals surface area contributed by atoms with E-state index in [0.29, 0.717) is 5.69 Å². The Hall–Kier alpha value is -4.64. The molecule has 0 saturated heterocycles. The fourth-order valence-electron chi connectivity index (χ4n) is 4.12. The zero-order chi connectivity index (χ0) is 24.8. The van der Waals surface area contributed by atoms with Gasteiger partial charge in [0.1, 0.15) is 12.6 Å². The van der Waals surface area contributed by atoms with Crippen molar-refractivity contribution in [3.8, 4) is 23.5 Å². The molecule has 0 saturated carbocycles. The number of benzene rings is 2. The minimum Gasteiger partial charge on any atom is -0.478 e. The van der Waals surface area contributed by atoms with Crippen molar-refractivity contribution in [3.05, 3.63) is 89.2 Å². The lowest BCUT2D eigenvalue weighted by molar-refractivity contribution is -0.123. The lowest BCUT2D eigenvalue weighted by Crippen LogP contribution is -2.46. The van der Waals surface area contributed by atoms with Gasteiger partial charge in [-0.25, -0.2) is 9.59 Å². The molecule has 1 aliphatic rings. The number of terminal acetylenes is 1. The number of carboxylic acids is 1. The monoisotopic (exact) mass is 469 g/mol. The second-order valence-electron chi connectivity index (χ2n) is 7.99. The molecular weight excluding hydrogens is 446 g/mol. The summed E-state index contributed by atoms with van der Waals surface area (Å²) in [5, 5.41) is 14.2. The Morgan fingerprint density at radius 3 is 2.34 bits per heavy atom. The van der Waals surface area contributed by atoms with Crippen molar-refractivity contribution in [2.45, 2.75) is 24.9 Å². The van der Waals surface area contributed by atoms with Crippen LogP contribution in [0.5, 0.6) is 0 Å². The van der Waals surface area contributed by atoms with E-state index in [-0.39, 0.29) is 31.1 Å². The first kappa shape index (κ1) is 23.5. The maximum Gasteiger partial charge on any atom is 0.407 e. The number of amides is 2. The number of aromatic carboxylic acids is 1. The number of nitrogens with zero attached hydrogens (tertiary/aromatic N) is 1. The van der Waals surface area contributed by atoms with Gasteiger partial charge in [-0.3, -0.25) is 9.78 Å². The van der Waals surface area contributed by atoms with E-state index in [9.17, 15) is 14.4 Å². The highest BCUT2D eigenvalue weighted by Gasteiger charge is 2.29. The summed E-state index contributed by atoms with van der Waals surface area (Å²) in [4.78, 5) is 40.3. The van der Waals surface area contributed by atoms with Crippen molar-refractivity contribution in [2.24, 2.45) is 0 Å². The van der Waals surface area contributed by atoms with Crippen LogP contribution in [-0.4, -0.2) is 40.7 Å². The Bertz CT molecular complexity index is 1270. The number of aromatic nitrogens is 1. The quantitative estimate of drug-likeness (QED) is 0.436. The summed E-state index contributed by atoms with van der Waals surface area (Å²) in [5.74, 6) is 0.641. The zero-order valence-corrected chi connectivity index (χ0v) is 18.7. The second-order valence-corrected chi connectivity index (χ2v) is 7.99. The molecule has 2 aromatic carbocycles. The van der Waals surface area contributed by atoms with E-state index in [0.717, 1.165) is 22.3 Å². The van der Waals surface area contributed by atoms with Crippen LogP contribution in [0.25, 0.3) is 11.1 Å². The Morgan fingerprint density at radius 1 is 1.06 bits per heavy atom. The summed E-state index contributed by atoms with van der Waals surface area (Å²) >= 11 is 0. The van der Waals surface area contributed by atoms with Gasteiger partial charge in [0.2, 0.25) is 5.91 Å². The molecule has 3 aromatic rings. The van der Waals surface area contributed by atoms with Crippen LogP contribution in [0.1, 0.15) is 39.5 Å². The van der Waals surface area contributed by atoms with Crippen molar-refractivity contribution < 1.29 is 24.2 Å². The van der Waals surface area contributed by atoms with Crippen LogP contribution in [0, 0.1) is 12.3 Å². The highest BCUT2D eigenvalue weighted by atomic mass is 16.5. The number of ether oxygens (including phenoxy) is 1. The Morgan fingerprint density at radius 2 is 1.71 bits per heavy atom. The summed E-state index contributed by atoms with van der Waals surface area (Å²) in [6.45, 7) is 0.0869. The molecule has 0 fully saturated rings. The molecule has 0 bridgehead atoms. The largest absolute Gasteiger partial charge is 0.478 e. The van der Waals surface area contributed by atoms with E-state index < -0.39 is 24.0 Å². The fourth-order valence-corrected chi connectivity index (χ4v) is 4.12. The van der Waals surface area contributed by atoms with Crippen LogP contribution in [0.2, 0.25) is 0 Å². The summed E-state index contributed by atoms with van der Waals surface area (Å²) in [5.41, 5.74) is 4.80. The summed E-state index contributed by atoms with van der Waals surface area (Å²) in [6.07, 6.45) is 5.93. The summed E-state index contributed by atoms with van der Waals surface area (Å²) < 4.78 is 5.50. The maximum absolute atomic E-state index is 12.6. The number of nitrogens with one attached hydrogen (secondary N) is 2. The molecule has 4 rings (SSSR count). The van der Waals surface area contributed by atoms with Crippen LogP contribution >= 0.6 is 0 Å². The van der Waals surface area contributed by atoms with Crippen molar-refractivity contribution in [1.29, 1.82) is 0 Å². The van der Waals surface area contributed by atoms with Gasteiger partial charge in [0.15, 0.2) is 0 Å².